The minimum absolute atomic E-state index is 0.0721. The summed E-state index contributed by atoms with van der Waals surface area (Å²) in [4.78, 5) is 23.6. The maximum atomic E-state index is 12.3. The Bertz CT molecular complexity index is 730. The van der Waals surface area contributed by atoms with E-state index in [-0.39, 0.29) is 22.9 Å². The van der Waals surface area contributed by atoms with Crippen LogP contribution in [0, 0.1) is 5.92 Å². The molecule has 0 heterocycles. The SMILES string of the molecule is CC(C)C[C@H](NC[C@H](O)[C@@H](N)C(=O)c1ccc(S(C)(=O)=O)cc1)C(=O)O. The fourth-order valence-electron chi connectivity index (χ4n) is 2.37. The second-order valence-electron chi connectivity index (χ2n) is 6.68. The van der Waals surface area contributed by atoms with Crippen LogP contribution in [0.25, 0.3) is 0 Å². The van der Waals surface area contributed by atoms with Crippen LogP contribution in [0.2, 0.25) is 0 Å². The maximum Gasteiger partial charge on any atom is 0.320 e. The molecule has 1 rings (SSSR count). The van der Waals surface area contributed by atoms with Crippen LogP contribution in [0.5, 0.6) is 0 Å². The molecule has 8 nitrogen and oxygen atoms in total. The molecule has 146 valence electrons. The number of aliphatic hydroxyl groups excluding tert-OH is 1. The molecule has 3 atom stereocenters. The van der Waals surface area contributed by atoms with Crippen LogP contribution in [0.1, 0.15) is 30.6 Å². The minimum Gasteiger partial charge on any atom is -0.480 e. The quantitative estimate of drug-likeness (QED) is 0.412. The summed E-state index contributed by atoms with van der Waals surface area (Å²) in [6.45, 7) is 3.60. The van der Waals surface area contributed by atoms with Crippen molar-refractivity contribution in [2.75, 3.05) is 12.8 Å². The summed E-state index contributed by atoms with van der Waals surface area (Å²) in [5.41, 5.74) is 5.94. The molecule has 0 saturated carbocycles. The van der Waals surface area contributed by atoms with E-state index in [1.165, 1.54) is 24.3 Å². The number of sulfone groups is 1. The molecule has 26 heavy (non-hydrogen) atoms. The lowest BCUT2D eigenvalue weighted by Crippen LogP contribution is -2.50. The van der Waals surface area contributed by atoms with Crippen molar-refractivity contribution in [2.45, 2.75) is 43.4 Å². The summed E-state index contributed by atoms with van der Waals surface area (Å²) in [6.07, 6.45) is 0.144. The lowest BCUT2D eigenvalue weighted by atomic mass is 9.99. The number of Topliss-reactive ketones (excluding diaryl/α,β-unsaturated/α-hetero) is 1. The van der Waals surface area contributed by atoms with Gasteiger partial charge in [0.25, 0.3) is 0 Å². The van der Waals surface area contributed by atoms with Gasteiger partial charge in [0.15, 0.2) is 15.6 Å². The number of aliphatic hydroxyl groups is 1. The number of carbonyl (C=O) groups excluding carboxylic acids is 1. The predicted octanol–water partition coefficient (Wildman–Crippen LogP) is 0.0499. The first-order valence-corrected chi connectivity index (χ1v) is 10.1. The van der Waals surface area contributed by atoms with E-state index in [0.717, 1.165) is 6.26 Å². The third-order valence-electron chi connectivity index (χ3n) is 3.86. The van der Waals surface area contributed by atoms with Gasteiger partial charge in [0.1, 0.15) is 6.04 Å². The molecule has 1 aromatic carbocycles. The third-order valence-corrected chi connectivity index (χ3v) is 4.99. The standard InChI is InChI=1S/C17H26N2O6S/c1-10(2)8-13(17(22)23)19-9-14(20)15(18)16(21)11-4-6-12(7-5-11)26(3,24)25/h4-7,10,13-15,19-20H,8-9,18H2,1-3H3,(H,22,23)/t13-,14-,15+/m0/s1. The first-order chi connectivity index (χ1) is 11.9. The monoisotopic (exact) mass is 386 g/mol. The molecule has 0 amide bonds. The van der Waals surface area contributed by atoms with E-state index in [0.29, 0.717) is 6.42 Å². The summed E-state index contributed by atoms with van der Waals surface area (Å²) in [5.74, 6) is -1.46. The maximum absolute atomic E-state index is 12.3. The van der Waals surface area contributed by atoms with Gasteiger partial charge in [-0.1, -0.05) is 26.0 Å². The number of carboxylic acids is 1. The topological polar surface area (TPSA) is 147 Å². The lowest BCUT2D eigenvalue weighted by molar-refractivity contribution is -0.140. The Morgan fingerprint density at radius 1 is 1.19 bits per heavy atom. The second-order valence-corrected chi connectivity index (χ2v) is 8.70. The molecule has 0 aliphatic heterocycles. The summed E-state index contributed by atoms with van der Waals surface area (Å²) in [7, 11) is -3.38. The Morgan fingerprint density at radius 2 is 1.73 bits per heavy atom. The molecule has 1 aromatic rings. The van der Waals surface area contributed by atoms with Crippen molar-refractivity contribution in [3.8, 4) is 0 Å². The number of benzene rings is 1. The zero-order chi connectivity index (χ0) is 20.1. The highest BCUT2D eigenvalue weighted by atomic mass is 32.2. The van der Waals surface area contributed by atoms with E-state index in [9.17, 15) is 23.1 Å². The van der Waals surface area contributed by atoms with Crippen LogP contribution in [0.3, 0.4) is 0 Å². The molecule has 0 fully saturated rings. The molecule has 0 unspecified atom stereocenters. The third kappa shape index (κ3) is 6.49. The fourth-order valence-corrected chi connectivity index (χ4v) is 3.00. The molecular weight excluding hydrogens is 360 g/mol. The molecule has 9 heteroatoms. The number of nitrogens with two attached hydrogens (primary N) is 1. The Kier molecular flexibility index (Phi) is 7.88. The van der Waals surface area contributed by atoms with Gasteiger partial charge in [-0.2, -0.15) is 0 Å². The normalized spacial score (nSPS) is 15.5. The van der Waals surface area contributed by atoms with E-state index in [2.05, 4.69) is 5.32 Å². The van der Waals surface area contributed by atoms with Gasteiger partial charge in [-0.3, -0.25) is 9.59 Å². The zero-order valence-corrected chi connectivity index (χ0v) is 15.9. The van der Waals surface area contributed by atoms with E-state index in [1.54, 1.807) is 0 Å². The van der Waals surface area contributed by atoms with E-state index >= 15 is 0 Å². The van der Waals surface area contributed by atoms with Gasteiger partial charge in [-0.25, -0.2) is 8.42 Å². The number of aliphatic carboxylic acids is 1. The summed E-state index contributed by atoms with van der Waals surface area (Å²) in [5, 5.41) is 22.0. The predicted molar refractivity (Wildman–Crippen MR) is 96.7 cm³/mol. The van der Waals surface area contributed by atoms with Crippen molar-refractivity contribution in [1.29, 1.82) is 0 Å². The first-order valence-electron chi connectivity index (χ1n) is 8.17. The summed E-state index contributed by atoms with van der Waals surface area (Å²) in [6, 6.07) is 3.14. The van der Waals surface area contributed by atoms with Gasteiger partial charge in [-0.05, 0) is 24.5 Å². The molecule has 0 aliphatic carbocycles. The smallest absolute Gasteiger partial charge is 0.320 e. The van der Waals surface area contributed by atoms with Crippen molar-refractivity contribution < 1.29 is 28.2 Å². The number of carboxylic acid groups (broad SMARTS) is 1. The minimum atomic E-state index is -3.38. The zero-order valence-electron chi connectivity index (χ0n) is 15.0. The Morgan fingerprint density at radius 3 is 2.15 bits per heavy atom. The largest absolute Gasteiger partial charge is 0.480 e. The summed E-state index contributed by atoms with van der Waals surface area (Å²) < 4.78 is 22.9. The molecular formula is C17H26N2O6S. The van der Waals surface area contributed by atoms with Crippen LogP contribution in [-0.2, 0) is 14.6 Å². The summed E-state index contributed by atoms with van der Waals surface area (Å²) >= 11 is 0. The highest BCUT2D eigenvalue weighted by Gasteiger charge is 2.26. The lowest BCUT2D eigenvalue weighted by Gasteiger charge is -2.22. The highest BCUT2D eigenvalue weighted by Crippen LogP contribution is 2.12. The van der Waals surface area contributed by atoms with E-state index in [1.807, 2.05) is 13.8 Å². The number of hydrogen-bond acceptors (Lipinski definition) is 7. The number of rotatable bonds is 10. The van der Waals surface area contributed by atoms with Crippen LogP contribution in [0.15, 0.2) is 29.2 Å². The van der Waals surface area contributed by atoms with Gasteiger partial charge in [0.2, 0.25) is 0 Å². The van der Waals surface area contributed by atoms with Crippen molar-refractivity contribution in [3.63, 3.8) is 0 Å². The van der Waals surface area contributed by atoms with Crippen LogP contribution in [-0.4, -0.2) is 61.4 Å². The van der Waals surface area contributed by atoms with E-state index in [4.69, 9.17) is 10.8 Å². The fraction of sp³-hybridized carbons (Fsp3) is 0.529. The van der Waals surface area contributed by atoms with Gasteiger partial charge in [0, 0.05) is 18.4 Å². The number of carbonyl (C=O) groups is 2. The number of ketones is 1. The molecule has 0 spiro atoms. The molecule has 0 aliphatic rings. The number of hydrogen-bond donors (Lipinski definition) is 4. The average molecular weight is 386 g/mol. The second kappa shape index (κ2) is 9.22. The van der Waals surface area contributed by atoms with Crippen molar-refractivity contribution >= 4 is 21.6 Å². The molecule has 0 saturated heterocycles. The van der Waals surface area contributed by atoms with Gasteiger partial charge in [-0.15, -0.1) is 0 Å². The van der Waals surface area contributed by atoms with Crippen molar-refractivity contribution in [3.05, 3.63) is 29.8 Å². The van der Waals surface area contributed by atoms with Crippen LogP contribution < -0.4 is 11.1 Å². The van der Waals surface area contributed by atoms with Crippen LogP contribution in [0.4, 0.5) is 0 Å². The van der Waals surface area contributed by atoms with Gasteiger partial charge < -0.3 is 21.3 Å². The van der Waals surface area contributed by atoms with Crippen molar-refractivity contribution in [2.24, 2.45) is 11.7 Å². The molecule has 0 aromatic heterocycles. The molecule has 5 N–H and O–H groups in total. The van der Waals surface area contributed by atoms with Gasteiger partial charge >= 0.3 is 5.97 Å². The molecule has 0 radical (unpaired) electrons. The Labute approximate surface area is 153 Å². The Hall–Kier alpha value is -1.81. The average Bonchev–Trinajstić information content (AvgIpc) is 2.55. The van der Waals surface area contributed by atoms with Gasteiger partial charge in [0.05, 0.1) is 17.0 Å². The Balaban J connectivity index is 2.73. The molecule has 0 bridgehead atoms. The number of nitrogens with one attached hydrogen (secondary N) is 1. The highest BCUT2D eigenvalue weighted by molar-refractivity contribution is 7.90. The van der Waals surface area contributed by atoms with E-state index < -0.39 is 39.8 Å². The van der Waals surface area contributed by atoms with Crippen LogP contribution >= 0.6 is 0 Å². The first kappa shape index (κ1) is 22.2. The van der Waals surface area contributed by atoms with Crippen molar-refractivity contribution in [1.82, 2.24) is 5.32 Å².